The zero-order chi connectivity index (χ0) is 17.4. The zero-order valence-electron chi connectivity index (χ0n) is 14.0. The number of esters is 2. The van der Waals surface area contributed by atoms with Crippen molar-refractivity contribution in [2.45, 2.75) is 12.8 Å². The van der Waals surface area contributed by atoms with Gasteiger partial charge in [-0.25, -0.2) is 9.59 Å². The zero-order valence-corrected chi connectivity index (χ0v) is 14.0. The Labute approximate surface area is 141 Å². The van der Waals surface area contributed by atoms with Crippen LogP contribution in [0.15, 0.2) is 47.6 Å². The molecule has 24 heavy (non-hydrogen) atoms. The van der Waals surface area contributed by atoms with Crippen LogP contribution >= 0.6 is 0 Å². The van der Waals surface area contributed by atoms with E-state index in [0.717, 1.165) is 11.1 Å². The highest BCUT2D eigenvalue weighted by Crippen LogP contribution is 2.29. The molecule has 1 aromatic rings. The summed E-state index contributed by atoms with van der Waals surface area (Å²) in [4.78, 5) is 24.0. The van der Waals surface area contributed by atoms with Gasteiger partial charge in [-0.05, 0) is 24.0 Å². The van der Waals surface area contributed by atoms with Gasteiger partial charge in [-0.15, -0.1) is 0 Å². The Morgan fingerprint density at radius 1 is 1.17 bits per heavy atom. The quantitative estimate of drug-likeness (QED) is 0.359. The van der Waals surface area contributed by atoms with E-state index in [0.29, 0.717) is 26.1 Å². The second-order valence-corrected chi connectivity index (χ2v) is 5.45. The van der Waals surface area contributed by atoms with Crippen LogP contribution in [-0.2, 0) is 23.8 Å². The summed E-state index contributed by atoms with van der Waals surface area (Å²) in [6.45, 7) is 0.942. The maximum Gasteiger partial charge on any atom is 0.345 e. The number of rotatable bonds is 5. The van der Waals surface area contributed by atoms with Gasteiger partial charge in [0.15, 0.2) is 0 Å². The SMILES string of the molecule is COC(=O)C(C(=O)OC)=C1CCOC[C@H]1C/C=C/c1ccccc1. The van der Waals surface area contributed by atoms with Gasteiger partial charge in [0.25, 0.3) is 0 Å². The van der Waals surface area contributed by atoms with Gasteiger partial charge in [-0.1, -0.05) is 42.5 Å². The molecule has 0 bridgehead atoms. The summed E-state index contributed by atoms with van der Waals surface area (Å²) in [5.74, 6) is -1.36. The van der Waals surface area contributed by atoms with E-state index in [1.165, 1.54) is 14.2 Å². The Kier molecular flexibility index (Phi) is 6.75. The van der Waals surface area contributed by atoms with Crippen LogP contribution < -0.4 is 0 Å². The number of carbonyl (C=O) groups is 2. The molecule has 1 heterocycles. The van der Waals surface area contributed by atoms with Crippen LogP contribution in [0.2, 0.25) is 0 Å². The highest BCUT2D eigenvalue weighted by Gasteiger charge is 2.30. The highest BCUT2D eigenvalue weighted by molar-refractivity contribution is 6.14. The molecule has 0 saturated carbocycles. The van der Waals surface area contributed by atoms with Gasteiger partial charge in [0.1, 0.15) is 5.57 Å². The summed E-state index contributed by atoms with van der Waals surface area (Å²) in [6.07, 6.45) is 5.23. The van der Waals surface area contributed by atoms with Gasteiger partial charge < -0.3 is 14.2 Å². The van der Waals surface area contributed by atoms with E-state index in [2.05, 4.69) is 0 Å². The number of carbonyl (C=O) groups excluding carboxylic acids is 2. The highest BCUT2D eigenvalue weighted by atomic mass is 16.5. The maximum atomic E-state index is 12.0. The van der Waals surface area contributed by atoms with Crippen molar-refractivity contribution in [3.8, 4) is 0 Å². The second kappa shape index (κ2) is 9.03. The normalized spacial score (nSPS) is 17.6. The number of methoxy groups -OCH3 is 2. The maximum absolute atomic E-state index is 12.0. The van der Waals surface area contributed by atoms with Gasteiger partial charge in [0.05, 0.1) is 27.4 Å². The molecule has 0 unspecified atom stereocenters. The molecule has 0 aromatic heterocycles. The molecule has 1 saturated heterocycles. The fourth-order valence-electron chi connectivity index (χ4n) is 2.73. The molecule has 1 aromatic carbocycles. The van der Waals surface area contributed by atoms with Gasteiger partial charge in [0.2, 0.25) is 0 Å². The van der Waals surface area contributed by atoms with Crippen LogP contribution in [0, 0.1) is 5.92 Å². The van der Waals surface area contributed by atoms with Gasteiger partial charge >= 0.3 is 11.9 Å². The molecule has 0 N–H and O–H groups in total. The van der Waals surface area contributed by atoms with Crippen LogP contribution in [0.3, 0.4) is 0 Å². The number of ether oxygens (including phenoxy) is 3. The van der Waals surface area contributed by atoms with Crippen molar-refractivity contribution < 1.29 is 23.8 Å². The van der Waals surface area contributed by atoms with E-state index in [1.54, 1.807) is 0 Å². The molecular weight excluding hydrogens is 308 g/mol. The Bertz CT molecular complexity index is 612. The lowest BCUT2D eigenvalue weighted by Crippen LogP contribution is -2.27. The van der Waals surface area contributed by atoms with Crippen LogP contribution in [0.5, 0.6) is 0 Å². The number of hydrogen-bond donors (Lipinski definition) is 0. The molecule has 0 amide bonds. The standard InChI is InChI=1S/C19H22O5/c1-22-18(20)17(19(21)23-2)16-11-12-24-13-15(16)10-6-9-14-7-4-3-5-8-14/h3-9,15H,10-13H2,1-2H3/b9-6+/t15-/m1/s1. The smallest absolute Gasteiger partial charge is 0.345 e. The molecule has 2 rings (SSSR count). The van der Waals surface area contributed by atoms with Crippen molar-refractivity contribution in [1.29, 1.82) is 0 Å². The van der Waals surface area contributed by atoms with E-state index in [9.17, 15) is 9.59 Å². The molecule has 0 spiro atoms. The Balaban J connectivity index is 2.22. The van der Waals surface area contributed by atoms with Crippen molar-refractivity contribution in [1.82, 2.24) is 0 Å². The number of allylic oxidation sites excluding steroid dienone is 1. The van der Waals surface area contributed by atoms with Crippen LogP contribution in [0.25, 0.3) is 6.08 Å². The third kappa shape index (κ3) is 4.55. The minimum atomic E-state index is -0.657. The molecule has 5 heteroatoms. The molecule has 0 radical (unpaired) electrons. The van der Waals surface area contributed by atoms with E-state index in [1.807, 2.05) is 42.5 Å². The summed E-state index contributed by atoms with van der Waals surface area (Å²) in [7, 11) is 2.52. The first kappa shape index (κ1) is 17.9. The fraction of sp³-hybridized carbons (Fsp3) is 0.368. The largest absolute Gasteiger partial charge is 0.465 e. The number of benzene rings is 1. The lowest BCUT2D eigenvalue weighted by Gasteiger charge is -2.26. The van der Waals surface area contributed by atoms with Crippen molar-refractivity contribution in [2.24, 2.45) is 5.92 Å². The lowest BCUT2D eigenvalue weighted by atomic mass is 9.87. The Hall–Kier alpha value is -2.40. The average Bonchev–Trinajstić information content (AvgIpc) is 2.63. The van der Waals surface area contributed by atoms with Gasteiger partial charge in [-0.2, -0.15) is 0 Å². The lowest BCUT2D eigenvalue weighted by molar-refractivity contribution is -0.144. The second-order valence-electron chi connectivity index (χ2n) is 5.45. The van der Waals surface area contributed by atoms with E-state index in [4.69, 9.17) is 14.2 Å². The molecule has 0 aliphatic carbocycles. The monoisotopic (exact) mass is 330 g/mol. The van der Waals surface area contributed by atoms with Crippen LogP contribution in [0.1, 0.15) is 18.4 Å². The van der Waals surface area contributed by atoms with Crippen molar-refractivity contribution >= 4 is 18.0 Å². The minimum absolute atomic E-state index is 0.00131. The molecule has 128 valence electrons. The number of hydrogen-bond acceptors (Lipinski definition) is 5. The Morgan fingerprint density at radius 2 is 1.83 bits per heavy atom. The van der Waals surface area contributed by atoms with E-state index >= 15 is 0 Å². The topological polar surface area (TPSA) is 61.8 Å². The molecule has 1 atom stereocenters. The van der Waals surface area contributed by atoms with Gasteiger partial charge in [0, 0.05) is 5.92 Å². The summed E-state index contributed by atoms with van der Waals surface area (Å²) in [6, 6.07) is 9.94. The molecular formula is C19H22O5. The third-order valence-corrected chi connectivity index (χ3v) is 3.96. The molecule has 5 nitrogen and oxygen atoms in total. The molecule has 1 fully saturated rings. The summed E-state index contributed by atoms with van der Waals surface area (Å²) >= 11 is 0. The summed E-state index contributed by atoms with van der Waals surface area (Å²) in [5, 5.41) is 0. The van der Waals surface area contributed by atoms with Crippen molar-refractivity contribution in [3.05, 3.63) is 53.1 Å². The first-order valence-electron chi connectivity index (χ1n) is 7.86. The van der Waals surface area contributed by atoms with Crippen LogP contribution in [-0.4, -0.2) is 39.4 Å². The van der Waals surface area contributed by atoms with Crippen molar-refractivity contribution in [3.63, 3.8) is 0 Å². The predicted octanol–water partition coefficient (Wildman–Crippen LogP) is 2.77. The van der Waals surface area contributed by atoms with Crippen molar-refractivity contribution in [2.75, 3.05) is 27.4 Å². The van der Waals surface area contributed by atoms with Gasteiger partial charge in [-0.3, -0.25) is 0 Å². The minimum Gasteiger partial charge on any atom is -0.465 e. The molecule has 1 aliphatic rings. The van der Waals surface area contributed by atoms with E-state index < -0.39 is 11.9 Å². The first-order valence-corrected chi connectivity index (χ1v) is 7.86. The first-order chi connectivity index (χ1) is 11.7. The molecule has 1 aliphatic heterocycles. The Morgan fingerprint density at radius 3 is 2.46 bits per heavy atom. The van der Waals surface area contributed by atoms with E-state index in [-0.39, 0.29) is 11.5 Å². The predicted molar refractivity (Wildman–Crippen MR) is 90.1 cm³/mol. The fourth-order valence-corrected chi connectivity index (χ4v) is 2.73. The summed E-state index contributed by atoms with van der Waals surface area (Å²) < 4.78 is 15.0. The average molecular weight is 330 g/mol. The third-order valence-electron chi connectivity index (χ3n) is 3.96. The summed E-state index contributed by atoms with van der Waals surface area (Å²) in [5.41, 5.74) is 1.85. The van der Waals surface area contributed by atoms with Crippen LogP contribution in [0.4, 0.5) is 0 Å².